The average molecular weight is 180 g/mol. The van der Waals surface area contributed by atoms with Gasteiger partial charge in [0.2, 0.25) is 0 Å². The molecule has 1 aliphatic rings. The summed E-state index contributed by atoms with van der Waals surface area (Å²) in [4.78, 5) is 0. The molecule has 0 aromatic carbocycles. The lowest BCUT2D eigenvalue weighted by molar-refractivity contribution is 0.610. The van der Waals surface area contributed by atoms with Gasteiger partial charge in [-0.25, -0.2) is 0 Å². The van der Waals surface area contributed by atoms with Crippen molar-refractivity contribution in [2.45, 2.75) is 33.0 Å². The molecule has 72 valence electrons. The first kappa shape index (κ1) is 8.72. The molecule has 0 bridgehead atoms. The number of nitrogens with two attached hydrogens (primary N) is 1. The summed E-state index contributed by atoms with van der Waals surface area (Å²) in [7, 11) is 0. The van der Waals surface area contributed by atoms with Gasteiger partial charge in [0, 0.05) is 38.2 Å². The van der Waals surface area contributed by atoms with Crippen molar-refractivity contribution in [3.63, 3.8) is 0 Å². The van der Waals surface area contributed by atoms with Gasteiger partial charge in [-0.1, -0.05) is 0 Å². The Morgan fingerprint density at radius 1 is 1.62 bits per heavy atom. The fourth-order valence-electron chi connectivity index (χ4n) is 1.90. The maximum atomic E-state index is 5.71. The second kappa shape index (κ2) is 3.47. The summed E-state index contributed by atoms with van der Waals surface area (Å²) < 4.78 is 2.03. The van der Waals surface area contributed by atoms with Crippen molar-refractivity contribution in [1.29, 1.82) is 0 Å². The van der Waals surface area contributed by atoms with Crippen LogP contribution in [0.1, 0.15) is 23.9 Å². The minimum Gasteiger partial charge on any atom is -0.325 e. The van der Waals surface area contributed by atoms with E-state index in [9.17, 15) is 0 Å². The largest absolute Gasteiger partial charge is 0.325 e. The summed E-state index contributed by atoms with van der Waals surface area (Å²) in [6, 6.07) is 0. The minimum absolute atomic E-state index is 0.595. The van der Waals surface area contributed by atoms with Crippen LogP contribution < -0.4 is 11.1 Å². The Morgan fingerprint density at radius 2 is 2.46 bits per heavy atom. The quantitative estimate of drug-likeness (QED) is 0.674. The maximum absolute atomic E-state index is 5.71. The van der Waals surface area contributed by atoms with E-state index in [1.54, 1.807) is 0 Å². The van der Waals surface area contributed by atoms with E-state index >= 15 is 0 Å². The summed E-state index contributed by atoms with van der Waals surface area (Å²) >= 11 is 0. The average Bonchev–Trinajstić information content (AvgIpc) is 2.55. The van der Waals surface area contributed by atoms with Crippen LogP contribution in [0.25, 0.3) is 0 Å². The molecule has 2 heterocycles. The van der Waals surface area contributed by atoms with Gasteiger partial charge in [0.1, 0.15) is 0 Å². The highest BCUT2D eigenvalue weighted by Gasteiger charge is 2.18. The lowest BCUT2D eigenvalue weighted by atomic mass is 10.1. The number of nitrogens with zero attached hydrogens (tertiary/aromatic N) is 2. The second-order valence-electron chi connectivity index (χ2n) is 3.32. The topological polar surface area (TPSA) is 55.9 Å². The van der Waals surface area contributed by atoms with E-state index in [4.69, 9.17) is 5.73 Å². The first-order valence-electron chi connectivity index (χ1n) is 4.85. The van der Waals surface area contributed by atoms with Crippen LogP contribution in [-0.4, -0.2) is 16.3 Å². The second-order valence-corrected chi connectivity index (χ2v) is 3.32. The smallest absolute Gasteiger partial charge is 0.0685 e. The SMILES string of the molecule is CCn1nc2c(c1CN)CNCC2. The molecule has 0 amide bonds. The van der Waals surface area contributed by atoms with E-state index in [2.05, 4.69) is 17.3 Å². The van der Waals surface area contributed by atoms with Gasteiger partial charge in [-0.15, -0.1) is 0 Å². The van der Waals surface area contributed by atoms with Crippen molar-refractivity contribution >= 4 is 0 Å². The molecule has 0 unspecified atom stereocenters. The standard InChI is InChI=1S/C9H16N4/c1-2-13-9(5-10)7-6-11-4-3-8(7)12-13/h11H,2-6,10H2,1H3. The van der Waals surface area contributed by atoms with Crippen molar-refractivity contribution < 1.29 is 0 Å². The maximum Gasteiger partial charge on any atom is 0.0685 e. The van der Waals surface area contributed by atoms with Gasteiger partial charge in [0.15, 0.2) is 0 Å². The third kappa shape index (κ3) is 1.36. The number of hydrogen-bond acceptors (Lipinski definition) is 3. The van der Waals surface area contributed by atoms with Crippen LogP contribution in [0.2, 0.25) is 0 Å². The Labute approximate surface area is 78.1 Å². The van der Waals surface area contributed by atoms with E-state index in [0.29, 0.717) is 6.54 Å². The minimum atomic E-state index is 0.595. The van der Waals surface area contributed by atoms with Crippen molar-refractivity contribution in [3.05, 3.63) is 17.0 Å². The summed E-state index contributed by atoms with van der Waals surface area (Å²) in [5.74, 6) is 0. The summed E-state index contributed by atoms with van der Waals surface area (Å²) in [6.45, 7) is 5.59. The zero-order valence-corrected chi connectivity index (χ0v) is 8.01. The molecule has 13 heavy (non-hydrogen) atoms. The molecule has 2 rings (SSSR count). The normalized spacial score (nSPS) is 15.8. The highest BCUT2D eigenvalue weighted by Crippen LogP contribution is 2.17. The van der Waals surface area contributed by atoms with Crippen molar-refractivity contribution in [2.75, 3.05) is 6.54 Å². The van der Waals surface area contributed by atoms with E-state index in [1.807, 2.05) is 4.68 Å². The summed E-state index contributed by atoms with van der Waals surface area (Å²) in [5.41, 5.74) is 9.47. The molecule has 4 nitrogen and oxygen atoms in total. The fourth-order valence-corrected chi connectivity index (χ4v) is 1.90. The van der Waals surface area contributed by atoms with Crippen molar-refractivity contribution in [2.24, 2.45) is 5.73 Å². The molecule has 1 aromatic heterocycles. The highest BCUT2D eigenvalue weighted by atomic mass is 15.3. The summed E-state index contributed by atoms with van der Waals surface area (Å²) in [5, 5.41) is 7.88. The monoisotopic (exact) mass is 180 g/mol. The van der Waals surface area contributed by atoms with Crippen molar-refractivity contribution in [1.82, 2.24) is 15.1 Å². The van der Waals surface area contributed by atoms with Crippen LogP contribution in [0.15, 0.2) is 0 Å². The molecular formula is C9H16N4. The van der Waals surface area contributed by atoms with Gasteiger partial charge in [-0.3, -0.25) is 4.68 Å². The van der Waals surface area contributed by atoms with Crippen LogP contribution in [0.5, 0.6) is 0 Å². The number of nitrogens with one attached hydrogen (secondary N) is 1. The van der Waals surface area contributed by atoms with Gasteiger partial charge in [0.05, 0.1) is 11.4 Å². The van der Waals surface area contributed by atoms with Gasteiger partial charge in [-0.05, 0) is 6.92 Å². The molecule has 0 radical (unpaired) electrons. The van der Waals surface area contributed by atoms with Gasteiger partial charge in [-0.2, -0.15) is 5.10 Å². The zero-order chi connectivity index (χ0) is 9.26. The van der Waals surface area contributed by atoms with Gasteiger partial charge >= 0.3 is 0 Å². The molecule has 3 N–H and O–H groups in total. The predicted molar refractivity (Wildman–Crippen MR) is 51.2 cm³/mol. The first-order chi connectivity index (χ1) is 6.36. The lowest BCUT2D eigenvalue weighted by Crippen LogP contribution is -2.24. The molecule has 1 aromatic rings. The van der Waals surface area contributed by atoms with Crippen LogP contribution in [0.4, 0.5) is 0 Å². The third-order valence-electron chi connectivity index (χ3n) is 2.58. The number of rotatable bonds is 2. The number of hydrogen-bond donors (Lipinski definition) is 2. The molecule has 0 atom stereocenters. The molecular weight excluding hydrogens is 164 g/mol. The van der Waals surface area contributed by atoms with E-state index in [1.165, 1.54) is 17.0 Å². The fraction of sp³-hybridized carbons (Fsp3) is 0.667. The lowest BCUT2D eigenvalue weighted by Gasteiger charge is -2.12. The Morgan fingerprint density at radius 3 is 3.15 bits per heavy atom. The first-order valence-corrected chi connectivity index (χ1v) is 4.85. The highest BCUT2D eigenvalue weighted by molar-refractivity contribution is 5.28. The van der Waals surface area contributed by atoms with Crippen LogP contribution >= 0.6 is 0 Å². The predicted octanol–water partition coefficient (Wildman–Crippen LogP) is 0.00740. The molecule has 4 heteroatoms. The van der Waals surface area contributed by atoms with Crippen LogP contribution in [0, 0.1) is 0 Å². The van der Waals surface area contributed by atoms with Gasteiger partial charge < -0.3 is 11.1 Å². The number of aryl methyl sites for hydroxylation is 1. The Hall–Kier alpha value is -0.870. The molecule has 0 spiro atoms. The Bertz CT molecular complexity index is 292. The molecule has 0 saturated carbocycles. The van der Waals surface area contributed by atoms with Crippen LogP contribution in [-0.2, 0) is 26.1 Å². The molecule has 1 aliphatic heterocycles. The van der Waals surface area contributed by atoms with E-state index in [-0.39, 0.29) is 0 Å². The van der Waals surface area contributed by atoms with E-state index < -0.39 is 0 Å². The summed E-state index contributed by atoms with van der Waals surface area (Å²) in [6.07, 6.45) is 1.04. The zero-order valence-electron chi connectivity index (χ0n) is 8.01. The molecule has 0 fully saturated rings. The Kier molecular flexibility index (Phi) is 2.33. The molecule has 0 aliphatic carbocycles. The number of fused-ring (bicyclic) bond motifs is 1. The van der Waals surface area contributed by atoms with Crippen LogP contribution in [0.3, 0.4) is 0 Å². The molecule has 0 saturated heterocycles. The van der Waals surface area contributed by atoms with Crippen molar-refractivity contribution in [3.8, 4) is 0 Å². The van der Waals surface area contributed by atoms with E-state index in [0.717, 1.165) is 26.1 Å². The Balaban J connectivity index is 2.44. The third-order valence-corrected chi connectivity index (χ3v) is 2.58. The number of aromatic nitrogens is 2. The van der Waals surface area contributed by atoms with Gasteiger partial charge in [0.25, 0.3) is 0 Å².